The maximum Gasteiger partial charge on any atom is 0.326 e. The van der Waals surface area contributed by atoms with E-state index in [4.69, 9.17) is 16.6 Å². The van der Waals surface area contributed by atoms with Crippen LogP contribution in [0.5, 0.6) is 0 Å². The number of nitrogens with two attached hydrogens (primary N) is 2. The zero-order valence-corrected chi connectivity index (χ0v) is 16.8. The zero-order chi connectivity index (χ0) is 21.9. The summed E-state index contributed by atoms with van der Waals surface area (Å²) in [6.45, 7) is 3.02. The maximum atomic E-state index is 12.1. The first-order valence-corrected chi connectivity index (χ1v) is 9.41. The van der Waals surface area contributed by atoms with E-state index in [0.29, 0.717) is 6.42 Å². The molecule has 0 radical (unpaired) electrons. The second-order valence-corrected chi connectivity index (χ2v) is 6.71. The number of carbonyl (C=O) groups is 5. The van der Waals surface area contributed by atoms with Gasteiger partial charge in [0.1, 0.15) is 12.1 Å². The smallest absolute Gasteiger partial charge is 0.326 e. The minimum atomic E-state index is -1.17. The number of carboxylic acids is 1. The monoisotopic (exact) mass is 419 g/mol. The molecule has 12 heteroatoms. The van der Waals surface area contributed by atoms with Gasteiger partial charge in [0, 0.05) is 12.2 Å². The Balaban J connectivity index is 4.60. The molecule has 4 unspecified atom stereocenters. The maximum absolute atomic E-state index is 12.1. The number of primary amides is 1. The molecule has 11 nitrogen and oxygen atoms in total. The van der Waals surface area contributed by atoms with Crippen molar-refractivity contribution in [1.29, 1.82) is 0 Å². The summed E-state index contributed by atoms with van der Waals surface area (Å²) in [6, 6.07) is -3.16. The Morgan fingerprint density at radius 1 is 1.11 bits per heavy atom. The van der Waals surface area contributed by atoms with E-state index >= 15 is 0 Å². The average Bonchev–Trinajstić information content (AvgIpc) is 2.65. The van der Waals surface area contributed by atoms with Crippen LogP contribution in [0, 0.1) is 5.92 Å². The molecule has 0 aromatic rings. The normalized spacial score (nSPS) is 14.9. The van der Waals surface area contributed by atoms with Crippen LogP contribution in [0.4, 0.5) is 0 Å². The van der Waals surface area contributed by atoms with E-state index in [-0.39, 0.29) is 24.5 Å². The van der Waals surface area contributed by atoms with Gasteiger partial charge in [0.15, 0.2) is 0 Å². The van der Waals surface area contributed by atoms with Crippen molar-refractivity contribution in [2.24, 2.45) is 17.4 Å². The van der Waals surface area contributed by atoms with Gasteiger partial charge in [0.2, 0.25) is 23.6 Å². The van der Waals surface area contributed by atoms with Crippen molar-refractivity contribution in [3.63, 3.8) is 0 Å². The van der Waals surface area contributed by atoms with Crippen LogP contribution in [0.15, 0.2) is 0 Å². The van der Waals surface area contributed by atoms with Crippen LogP contribution in [0.3, 0.4) is 0 Å². The lowest BCUT2D eigenvalue weighted by Gasteiger charge is -2.21. The van der Waals surface area contributed by atoms with E-state index in [9.17, 15) is 24.0 Å². The lowest BCUT2D eigenvalue weighted by Crippen LogP contribution is -2.54. The Kier molecular flexibility index (Phi) is 11.9. The topological polar surface area (TPSA) is 194 Å². The Morgan fingerprint density at radius 3 is 2.18 bits per heavy atom. The highest BCUT2D eigenvalue weighted by Crippen LogP contribution is 2.07. The Morgan fingerprint density at radius 2 is 1.71 bits per heavy atom. The first kappa shape index (κ1) is 25.7. The highest BCUT2D eigenvalue weighted by Gasteiger charge is 2.26. The minimum absolute atomic E-state index is 0.0245. The van der Waals surface area contributed by atoms with Gasteiger partial charge in [0.05, 0.1) is 12.6 Å². The number of carbonyl (C=O) groups excluding carboxylic acids is 4. The zero-order valence-electron chi connectivity index (χ0n) is 15.9. The summed E-state index contributed by atoms with van der Waals surface area (Å²) < 4.78 is 0. The molecule has 0 fully saturated rings. The van der Waals surface area contributed by atoms with E-state index in [2.05, 4.69) is 28.6 Å². The van der Waals surface area contributed by atoms with Crippen molar-refractivity contribution < 1.29 is 29.1 Å². The predicted molar refractivity (Wildman–Crippen MR) is 104 cm³/mol. The molecule has 0 rings (SSSR count). The minimum Gasteiger partial charge on any atom is -0.480 e. The average molecular weight is 420 g/mol. The molecule has 28 heavy (non-hydrogen) atoms. The van der Waals surface area contributed by atoms with E-state index < -0.39 is 54.3 Å². The number of nitrogens with one attached hydrogen (secondary N) is 3. The SMILES string of the molecule is CCC(C)C(NC(=O)CNC(=O)C(CS)NC(=O)C(N)CCC(N)=O)C(=O)O. The third kappa shape index (κ3) is 9.55. The Bertz CT molecular complexity index is 588. The predicted octanol–water partition coefficient (Wildman–Crippen LogP) is -2.27. The third-order valence-electron chi connectivity index (χ3n) is 4.07. The lowest BCUT2D eigenvalue weighted by molar-refractivity contribution is -0.143. The summed E-state index contributed by atoms with van der Waals surface area (Å²) in [7, 11) is 0. The van der Waals surface area contributed by atoms with Gasteiger partial charge in [-0.05, 0) is 12.3 Å². The van der Waals surface area contributed by atoms with Crippen molar-refractivity contribution >= 4 is 42.2 Å². The molecular weight excluding hydrogens is 390 g/mol. The van der Waals surface area contributed by atoms with Crippen molar-refractivity contribution in [2.75, 3.05) is 12.3 Å². The first-order chi connectivity index (χ1) is 13.0. The second-order valence-electron chi connectivity index (χ2n) is 6.34. The number of rotatable bonds is 13. The van der Waals surface area contributed by atoms with Crippen LogP contribution in [-0.4, -0.2) is 65.1 Å². The summed E-state index contributed by atoms with van der Waals surface area (Å²) in [6.07, 6.45) is 0.497. The van der Waals surface area contributed by atoms with E-state index in [1.165, 1.54) is 0 Å². The van der Waals surface area contributed by atoms with Gasteiger partial charge in [-0.15, -0.1) is 0 Å². The molecular formula is C16H29N5O6S. The molecule has 0 spiro atoms. The number of thiol groups is 1. The summed E-state index contributed by atoms with van der Waals surface area (Å²) in [4.78, 5) is 57.9. The molecule has 0 aliphatic rings. The molecule has 0 aliphatic carbocycles. The van der Waals surface area contributed by atoms with Crippen LogP contribution in [-0.2, 0) is 24.0 Å². The second kappa shape index (κ2) is 12.9. The first-order valence-electron chi connectivity index (χ1n) is 8.78. The molecule has 0 saturated carbocycles. The van der Waals surface area contributed by atoms with Crippen LogP contribution in [0.25, 0.3) is 0 Å². The number of aliphatic carboxylic acids is 1. The van der Waals surface area contributed by atoms with Gasteiger partial charge < -0.3 is 32.5 Å². The highest BCUT2D eigenvalue weighted by molar-refractivity contribution is 7.80. The Labute approximate surface area is 168 Å². The largest absolute Gasteiger partial charge is 0.480 e. The van der Waals surface area contributed by atoms with Crippen molar-refractivity contribution in [2.45, 2.75) is 51.2 Å². The standard InChI is InChI=1S/C16H29N5O6S/c1-3-8(2)13(16(26)27)21-12(23)6-19-15(25)10(7-28)20-14(24)9(17)4-5-11(18)22/h8-10,13,28H,3-7,17H2,1-2H3,(H2,18,22)(H,19,25)(H,20,24)(H,21,23)(H,26,27). The fourth-order valence-electron chi connectivity index (χ4n) is 2.10. The number of carboxylic acid groups (broad SMARTS) is 1. The number of hydrogen-bond acceptors (Lipinski definition) is 7. The van der Waals surface area contributed by atoms with Crippen molar-refractivity contribution in [3.05, 3.63) is 0 Å². The summed E-state index contributed by atoms with van der Waals surface area (Å²) in [5.41, 5.74) is 10.6. The third-order valence-corrected chi connectivity index (χ3v) is 4.44. The molecule has 160 valence electrons. The van der Waals surface area contributed by atoms with E-state index in [1.54, 1.807) is 13.8 Å². The van der Waals surface area contributed by atoms with Crippen LogP contribution >= 0.6 is 12.6 Å². The summed E-state index contributed by atoms with van der Waals surface area (Å²) >= 11 is 3.98. The molecule has 0 aromatic heterocycles. The highest BCUT2D eigenvalue weighted by atomic mass is 32.1. The number of hydrogen-bond donors (Lipinski definition) is 7. The molecule has 0 aliphatic heterocycles. The van der Waals surface area contributed by atoms with Gasteiger partial charge in [-0.3, -0.25) is 19.2 Å². The fraction of sp³-hybridized carbons (Fsp3) is 0.688. The molecule has 0 heterocycles. The van der Waals surface area contributed by atoms with Crippen LogP contribution < -0.4 is 27.4 Å². The van der Waals surface area contributed by atoms with Gasteiger partial charge in [-0.2, -0.15) is 12.6 Å². The Hall–Kier alpha value is -2.34. The molecule has 4 atom stereocenters. The lowest BCUT2D eigenvalue weighted by atomic mass is 9.99. The molecule has 4 amide bonds. The quantitative estimate of drug-likeness (QED) is 0.163. The van der Waals surface area contributed by atoms with Crippen molar-refractivity contribution in [1.82, 2.24) is 16.0 Å². The van der Waals surface area contributed by atoms with Gasteiger partial charge >= 0.3 is 5.97 Å². The summed E-state index contributed by atoms with van der Waals surface area (Å²) in [5.74, 6) is -4.15. The van der Waals surface area contributed by atoms with Crippen LogP contribution in [0.2, 0.25) is 0 Å². The van der Waals surface area contributed by atoms with E-state index in [0.717, 1.165) is 0 Å². The number of amides is 4. The fourth-order valence-corrected chi connectivity index (χ4v) is 2.36. The molecule has 0 bridgehead atoms. The van der Waals surface area contributed by atoms with Gasteiger partial charge in [0.25, 0.3) is 0 Å². The molecule has 8 N–H and O–H groups in total. The van der Waals surface area contributed by atoms with Gasteiger partial charge in [-0.1, -0.05) is 20.3 Å². The van der Waals surface area contributed by atoms with Gasteiger partial charge in [-0.25, -0.2) is 4.79 Å². The summed E-state index contributed by atoms with van der Waals surface area (Å²) in [5, 5.41) is 16.2. The molecule has 0 aromatic carbocycles. The van der Waals surface area contributed by atoms with Crippen LogP contribution in [0.1, 0.15) is 33.1 Å². The molecule has 0 saturated heterocycles. The van der Waals surface area contributed by atoms with Crippen molar-refractivity contribution in [3.8, 4) is 0 Å². The van der Waals surface area contributed by atoms with E-state index in [1.807, 2.05) is 0 Å².